The molecule has 0 aliphatic heterocycles. The fourth-order valence-electron chi connectivity index (χ4n) is 1.88. The number of amidine groups is 1. The summed E-state index contributed by atoms with van der Waals surface area (Å²) < 4.78 is 13.2. The predicted octanol–water partition coefficient (Wildman–Crippen LogP) is 2.20. The third-order valence-corrected chi connectivity index (χ3v) is 3.35. The van der Waals surface area contributed by atoms with E-state index in [2.05, 4.69) is 9.88 Å². The highest BCUT2D eigenvalue weighted by molar-refractivity contribution is 7.07. The molecule has 0 saturated carbocycles. The smallest absolute Gasteiger partial charge is 0.123 e. The molecule has 1 heterocycles. The number of aromatic nitrogens is 1. The summed E-state index contributed by atoms with van der Waals surface area (Å²) >= 11 is 1.56. The molecule has 0 aliphatic carbocycles. The Morgan fingerprint density at radius 1 is 1.47 bits per heavy atom. The van der Waals surface area contributed by atoms with Crippen molar-refractivity contribution < 1.29 is 4.39 Å². The maximum Gasteiger partial charge on any atom is 0.123 e. The van der Waals surface area contributed by atoms with Crippen molar-refractivity contribution in [2.24, 2.45) is 5.73 Å². The molecule has 0 spiro atoms. The van der Waals surface area contributed by atoms with Crippen LogP contribution in [0.2, 0.25) is 0 Å². The monoisotopic (exact) mass is 278 g/mol. The number of nitrogens with one attached hydrogen (secondary N) is 1. The lowest BCUT2D eigenvalue weighted by Gasteiger charge is -2.17. The molecule has 100 valence electrons. The Hall–Kier alpha value is -1.79. The molecule has 0 atom stereocenters. The van der Waals surface area contributed by atoms with Gasteiger partial charge in [0, 0.05) is 24.0 Å². The largest absolute Gasteiger partial charge is 0.384 e. The van der Waals surface area contributed by atoms with Crippen molar-refractivity contribution in [2.75, 3.05) is 7.05 Å². The Balaban J connectivity index is 2.12. The van der Waals surface area contributed by atoms with Crippen LogP contribution in [0, 0.1) is 11.2 Å². The average molecular weight is 278 g/mol. The zero-order chi connectivity index (χ0) is 13.8. The highest BCUT2D eigenvalue weighted by Gasteiger charge is 2.10. The molecule has 0 fully saturated rings. The molecular weight excluding hydrogens is 263 g/mol. The normalized spacial score (nSPS) is 10.9. The minimum absolute atomic E-state index is 0.114. The first kappa shape index (κ1) is 13.6. The van der Waals surface area contributed by atoms with Crippen LogP contribution in [0.5, 0.6) is 0 Å². The predicted molar refractivity (Wildman–Crippen MR) is 74.7 cm³/mol. The van der Waals surface area contributed by atoms with Gasteiger partial charge in [0.2, 0.25) is 0 Å². The molecule has 0 amide bonds. The Bertz CT molecular complexity index is 568. The van der Waals surface area contributed by atoms with E-state index < -0.39 is 0 Å². The Kier molecular flexibility index (Phi) is 4.24. The third kappa shape index (κ3) is 3.59. The summed E-state index contributed by atoms with van der Waals surface area (Å²) in [5.41, 5.74) is 9.56. The van der Waals surface area contributed by atoms with Gasteiger partial charge in [-0.3, -0.25) is 10.3 Å². The number of benzene rings is 1. The summed E-state index contributed by atoms with van der Waals surface area (Å²) in [5.74, 6) is -0.493. The molecule has 0 aliphatic rings. The molecule has 19 heavy (non-hydrogen) atoms. The van der Waals surface area contributed by atoms with Gasteiger partial charge in [-0.05, 0) is 24.7 Å². The van der Waals surface area contributed by atoms with Crippen molar-refractivity contribution in [1.82, 2.24) is 9.88 Å². The number of thiazole rings is 1. The molecule has 1 aromatic carbocycles. The summed E-state index contributed by atoms with van der Waals surface area (Å²) in [4.78, 5) is 6.27. The first-order valence-electron chi connectivity index (χ1n) is 5.74. The lowest BCUT2D eigenvalue weighted by molar-refractivity contribution is 0.315. The van der Waals surface area contributed by atoms with Crippen molar-refractivity contribution in [3.63, 3.8) is 0 Å². The van der Waals surface area contributed by atoms with Crippen LogP contribution in [0.15, 0.2) is 29.1 Å². The van der Waals surface area contributed by atoms with Crippen molar-refractivity contribution in [3.05, 3.63) is 51.7 Å². The molecule has 0 bridgehead atoms. The van der Waals surface area contributed by atoms with Gasteiger partial charge < -0.3 is 5.73 Å². The van der Waals surface area contributed by atoms with Gasteiger partial charge >= 0.3 is 0 Å². The maximum atomic E-state index is 13.2. The van der Waals surface area contributed by atoms with Gasteiger partial charge in [-0.15, -0.1) is 11.3 Å². The van der Waals surface area contributed by atoms with Gasteiger partial charge in [0.15, 0.2) is 0 Å². The lowest BCUT2D eigenvalue weighted by Crippen LogP contribution is -2.21. The number of nitrogens with two attached hydrogens (primary N) is 1. The molecule has 6 heteroatoms. The second-order valence-corrected chi connectivity index (χ2v) is 5.09. The van der Waals surface area contributed by atoms with E-state index in [0.29, 0.717) is 18.7 Å². The zero-order valence-electron chi connectivity index (χ0n) is 10.6. The first-order chi connectivity index (χ1) is 9.06. The summed E-state index contributed by atoms with van der Waals surface area (Å²) in [6, 6.07) is 4.36. The van der Waals surface area contributed by atoms with Crippen LogP contribution >= 0.6 is 11.3 Å². The summed E-state index contributed by atoms with van der Waals surface area (Å²) in [5, 5.41) is 9.49. The van der Waals surface area contributed by atoms with Crippen LogP contribution < -0.4 is 5.73 Å². The number of nitrogens with zero attached hydrogens (tertiary/aromatic N) is 2. The van der Waals surface area contributed by atoms with Crippen LogP contribution in [-0.4, -0.2) is 22.8 Å². The van der Waals surface area contributed by atoms with Crippen LogP contribution in [0.1, 0.15) is 16.8 Å². The minimum atomic E-state index is -0.379. The van der Waals surface area contributed by atoms with Gasteiger partial charge in [-0.2, -0.15) is 0 Å². The number of hydrogen-bond acceptors (Lipinski definition) is 4. The maximum absolute atomic E-state index is 13.2. The number of halogens is 1. The van der Waals surface area contributed by atoms with Crippen molar-refractivity contribution >= 4 is 17.2 Å². The van der Waals surface area contributed by atoms with E-state index in [9.17, 15) is 4.39 Å². The van der Waals surface area contributed by atoms with Crippen LogP contribution in [0.3, 0.4) is 0 Å². The highest BCUT2D eigenvalue weighted by Crippen LogP contribution is 2.14. The summed E-state index contributed by atoms with van der Waals surface area (Å²) in [7, 11) is 1.95. The van der Waals surface area contributed by atoms with Crippen LogP contribution in [-0.2, 0) is 13.1 Å². The molecule has 0 unspecified atom stereocenters. The fraction of sp³-hybridized carbons (Fsp3) is 0.231. The number of nitrogen functional groups attached to an aromatic ring is 1. The van der Waals surface area contributed by atoms with Gasteiger partial charge in [-0.1, -0.05) is 6.07 Å². The molecule has 0 radical (unpaired) electrons. The van der Waals surface area contributed by atoms with E-state index in [-0.39, 0.29) is 11.7 Å². The first-order valence-corrected chi connectivity index (χ1v) is 6.69. The Labute approximate surface area is 115 Å². The standard InChI is InChI=1S/C13H15FN4S/c1-18(6-11-7-19-8-17-11)5-9-2-3-10(14)4-12(9)13(15)16/h2-4,7-8H,5-6H2,1H3,(H3,15,16). The van der Waals surface area contributed by atoms with E-state index in [0.717, 1.165) is 11.3 Å². The second-order valence-electron chi connectivity index (χ2n) is 4.37. The second kappa shape index (κ2) is 5.90. The average Bonchev–Trinajstić information content (AvgIpc) is 2.83. The van der Waals surface area contributed by atoms with E-state index in [1.54, 1.807) is 22.9 Å². The molecule has 1 aromatic heterocycles. The van der Waals surface area contributed by atoms with Crippen LogP contribution in [0.4, 0.5) is 4.39 Å². The topological polar surface area (TPSA) is 66.0 Å². The number of rotatable bonds is 5. The fourth-order valence-corrected chi connectivity index (χ4v) is 2.43. The van der Waals surface area contributed by atoms with Crippen molar-refractivity contribution in [1.29, 1.82) is 5.41 Å². The minimum Gasteiger partial charge on any atom is -0.384 e. The van der Waals surface area contributed by atoms with Crippen molar-refractivity contribution in [3.8, 4) is 0 Å². The molecule has 4 nitrogen and oxygen atoms in total. The van der Waals surface area contributed by atoms with Gasteiger partial charge in [0.05, 0.1) is 11.2 Å². The zero-order valence-corrected chi connectivity index (χ0v) is 11.4. The van der Waals surface area contributed by atoms with Gasteiger partial charge in [-0.25, -0.2) is 9.37 Å². The van der Waals surface area contributed by atoms with E-state index in [1.807, 2.05) is 12.4 Å². The Morgan fingerprint density at radius 3 is 2.89 bits per heavy atom. The molecule has 0 saturated heterocycles. The summed E-state index contributed by atoms with van der Waals surface area (Å²) in [6.07, 6.45) is 0. The highest BCUT2D eigenvalue weighted by atomic mass is 32.1. The van der Waals surface area contributed by atoms with Gasteiger partial charge in [0.1, 0.15) is 11.7 Å². The van der Waals surface area contributed by atoms with E-state index in [1.165, 1.54) is 12.1 Å². The third-order valence-electron chi connectivity index (χ3n) is 2.72. The lowest BCUT2D eigenvalue weighted by atomic mass is 10.1. The molecular formula is C13H15FN4S. The number of hydrogen-bond donors (Lipinski definition) is 2. The summed E-state index contributed by atoms with van der Waals surface area (Å²) in [6.45, 7) is 1.30. The Morgan fingerprint density at radius 2 is 2.26 bits per heavy atom. The van der Waals surface area contributed by atoms with E-state index in [4.69, 9.17) is 11.1 Å². The SMILES string of the molecule is CN(Cc1cscn1)Cc1ccc(F)cc1C(=N)N. The molecule has 2 aromatic rings. The molecule has 2 rings (SSSR count). The van der Waals surface area contributed by atoms with Crippen LogP contribution in [0.25, 0.3) is 0 Å². The van der Waals surface area contributed by atoms with E-state index >= 15 is 0 Å². The quantitative estimate of drug-likeness (QED) is 0.651. The van der Waals surface area contributed by atoms with Gasteiger partial charge in [0.25, 0.3) is 0 Å². The van der Waals surface area contributed by atoms with Crippen molar-refractivity contribution in [2.45, 2.75) is 13.1 Å². The molecule has 3 N–H and O–H groups in total.